The smallest absolute Gasteiger partial charge is 0.412 e. The number of anilines is 1. The Balaban J connectivity index is 1.51. The molecule has 3 aromatic rings. The number of carbonyl (C=O) groups excluding carboxylic acids is 1. The molecule has 2 aromatic carbocycles. The Morgan fingerprint density at radius 1 is 1.11 bits per heavy atom. The third kappa shape index (κ3) is 3.03. The van der Waals surface area contributed by atoms with Crippen LogP contribution in [0.15, 0.2) is 54.7 Å². The zero-order valence-electron chi connectivity index (χ0n) is 14.5. The molecule has 0 saturated carbocycles. The highest BCUT2D eigenvalue weighted by Gasteiger charge is 2.29. The van der Waals surface area contributed by atoms with Crippen LogP contribution in [0.2, 0.25) is 0 Å². The fourth-order valence-electron chi connectivity index (χ4n) is 3.47. The van der Waals surface area contributed by atoms with Crippen molar-refractivity contribution in [2.45, 2.75) is 5.92 Å². The number of ether oxygens (including phenoxy) is 1. The molecule has 0 atom stereocenters. The topological polar surface area (TPSA) is 93.5 Å². The van der Waals surface area contributed by atoms with Crippen molar-refractivity contribution in [2.24, 2.45) is 7.05 Å². The van der Waals surface area contributed by atoms with Crippen LogP contribution in [-0.2, 0) is 11.8 Å². The van der Waals surface area contributed by atoms with Gasteiger partial charge in [-0.15, -0.1) is 0 Å². The standard InChI is InChI=1S/C20H17N3O4/c1-23-10-16(19(24)25)18(22-23)21-20(26)27-11-17-14-8-4-2-6-12(14)13-7-3-5-9-15(13)17/h2-10,17H,11H2,1H3,(H,24,25)(H,21,22,26). The first kappa shape index (κ1) is 16.8. The maximum Gasteiger partial charge on any atom is 0.412 e. The van der Waals surface area contributed by atoms with Crippen molar-refractivity contribution >= 4 is 17.9 Å². The molecule has 0 saturated heterocycles. The molecule has 2 N–H and O–H groups in total. The van der Waals surface area contributed by atoms with Gasteiger partial charge in [-0.3, -0.25) is 10.00 Å². The van der Waals surface area contributed by atoms with Crippen molar-refractivity contribution < 1.29 is 19.4 Å². The number of nitrogens with one attached hydrogen (secondary N) is 1. The number of hydrogen-bond donors (Lipinski definition) is 2. The van der Waals surface area contributed by atoms with E-state index in [9.17, 15) is 9.59 Å². The van der Waals surface area contributed by atoms with E-state index in [1.165, 1.54) is 10.9 Å². The lowest BCUT2D eigenvalue weighted by Crippen LogP contribution is -2.19. The quantitative estimate of drug-likeness (QED) is 0.740. The van der Waals surface area contributed by atoms with Crippen molar-refractivity contribution in [1.82, 2.24) is 9.78 Å². The molecular formula is C20H17N3O4. The molecule has 0 bridgehead atoms. The number of aryl methyl sites for hydroxylation is 1. The molecule has 7 heteroatoms. The minimum absolute atomic E-state index is 0.0396. The molecule has 0 radical (unpaired) electrons. The average Bonchev–Trinajstić information content (AvgIpc) is 3.18. The molecule has 0 spiro atoms. The minimum atomic E-state index is -1.17. The van der Waals surface area contributed by atoms with E-state index in [0.29, 0.717) is 0 Å². The third-order valence-corrected chi connectivity index (χ3v) is 4.62. The van der Waals surface area contributed by atoms with Crippen LogP contribution in [0.1, 0.15) is 27.4 Å². The number of carboxylic acid groups (broad SMARTS) is 1. The maximum atomic E-state index is 12.2. The fourth-order valence-corrected chi connectivity index (χ4v) is 3.47. The van der Waals surface area contributed by atoms with Gasteiger partial charge in [0.05, 0.1) is 0 Å². The molecule has 1 aromatic heterocycles. The zero-order valence-corrected chi connectivity index (χ0v) is 14.5. The number of aromatic nitrogens is 2. The first-order valence-electron chi connectivity index (χ1n) is 8.43. The fraction of sp³-hybridized carbons (Fsp3) is 0.150. The van der Waals surface area contributed by atoms with Gasteiger partial charge in [0.25, 0.3) is 0 Å². The summed E-state index contributed by atoms with van der Waals surface area (Å²) < 4.78 is 6.72. The van der Waals surface area contributed by atoms with Gasteiger partial charge < -0.3 is 9.84 Å². The van der Waals surface area contributed by atoms with Gasteiger partial charge in [-0.2, -0.15) is 5.10 Å². The van der Waals surface area contributed by atoms with Gasteiger partial charge in [0, 0.05) is 19.2 Å². The lowest BCUT2D eigenvalue weighted by atomic mass is 9.98. The van der Waals surface area contributed by atoms with Gasteiger partial charge in [0.1, 0.15) is 12.2 Å². The van der Waals surface area contributed by atoms with E-state index in [4.69, 9.17) is 9.84 Å². The molecule has 0 aliphatic heterocycles. The summed E-state index contributed by atoms with van der Waals surface area (Å²) in [4.78, 5) is 23.4. The molecule has 4 rings (SSSR count). The minimum Gasteiger partial charge on any atom is -0.477 e. The first-order chi connectivity index (χ1) is 13.0. The van der Waals surface area contributed by atoms with Crippen LogP contribution in [0.5, 0.6) is 0 Å². The van der Waals surface area contributed by atoms with Crippen LogP contribution in [-0.4, -0.2) is 33.6 Å². The van der Waals surface area contributed by atoms with Gasteiger partial charge in [-0.25, -0.2) is 9.59 Å². The number of nitrogens with zero attached hydrogens (tertiary/aromatic N) is 2. The average molecular weight is 363 g/mol. The highest BCUT2D eigenvalue weighted by Crippen LogP contribution is 2.44. The van der Waals surface area contributed by atoms with Crippen LogP contribution in [0.3, 0.4) is 0 Å². The van der Waals surface area contributed by atoms with Crippen LogP contribution in [0.4, 0.5) is 10.6 Å². The second-order valence-corrected chi connectivity index (χ2v) is 6.32. The number of carbonyl (C=O) groups is 2. The number of benzene rings is 2. The molecule has 136 valence electrons. The Morgan fingerprint density at radius 2 is 1.70 bits per heavy atom. The van der Waals surface area contributed by atoms with Crippen LogP contribution in [0.25, 0.3) is 11.1 Å². The Labute approximate surface area is 155 Å². The van der Waals surface area contributed by atoms with Crippen molar-refractivity contribution in [1.29, 1.82) is 0 Å². The summed E-state index contributed by atoms with van der Waals surface area (Å²) in [7, 11) is 1.58. The predicted molar refractivity (Wildman–Crippen MR) is 98.9 cm³/mol. The van der Waals surface area contributed by atoms with Gasteiger partial charge >= 0.3 is 12.1 Å². The van der Waals surface area contributed by atoms with E-state index in [1.807, 2.05) is 36.4 Å². The number of aromatic carboxylic acids is 1. The summed E-state index contributed by atoms with van der Waals surface area (Å²) in [5.41, 5.74) is 4.40. The SMILES string of the molecule is Cn1cc(C(=O)O)c(NC(=O)OCC2c3ccccc3-c3ccccc32)n1. The second kappa shape index (κ2) is 6.60. The molecule has 27 heavy (non-hydrogen) atoms. The molecule has 1 aliphatic rings. The lowest BCUT2D eigenvalue weighted by molar-refractivity contribution is 0.0698. The molecule has 0 unspecified atom stereocenters. The number of fused-ring (bicyclic) bond motifs is 3. The molecule has 1 heterocycles. The van der Waals surface area contributed by atoms with E-state index in [-0.39, 0.29) is 23.9 Å². The van der Waals surface area contributed by atoms with E-state index in [1.54, 1.807) is 7.05 Å². The highest BCUT2D eigenvalue weighted by atomic mass is 16.5. The molecule has 7 nitrogen and oxygen atoms in total. The Hall–Kier alpha value is -3.61. The van der Waals surface area contributed by atoms with E-state index < -0.39 is 12.1 Å². The van der Waals surface area contributed by atoms with E-state index in [0.717, 1.165) is 22.3 Å². The highest BCUT2D eigenvalue weighted by molar-refractivity contribution is 5.97. The molecule has 1 aliphatic carbocycles. The normalized spacial score (nSPS) is 12.3. The van der Waals surface area contributed by atoms with Crippen molar-refractivity contribution in [2.75, 3.05) is 11.9 Å². The summed E-state index contributed by atoms with van der Waals surface area (Å²) >= 11 is 0. The summed E-state index contributed by atoms with van der Waals surface area (Å²) in [5, 5.41) is 15.5. The predicted octanol–water partition coefficient (Wildman–Crippen LogP) is 3.48. The first-order valence-corrected chi connectivity index (χ1v) is 8.43. The van der Waals surface area contributed by atoms with Gasteiger partial charge in [0.15, 0.2) is 5.82 Å². The molecular weight excluding hydrogens is 346 g/mol. The number of amides is 1. The monoisotopic (exact) mass is 363 g/mol. The zero-order chi connectivity index (χ0) is 19.0. The molecule has 0 fully saturated rings. The van der Waals surface area contributed by atoms with Crippen LogP contribution >= 0.6 is 0 Å². The van der Waals surface area contributed by atoms with Crippen LogP contribution in [0, 0.1) is 0 Å². The summed E-state index contributed by atoms with van der Waals surface area (Å²) in [5.74, 6) is -1.27. The molecule has 1 amide bonds. The van der Waals surface area contributed by atoms with Crippen LogP contribution < -0.4 is 5.32 Å². The number of hydrogen-bond acceptors (Lipinski definition) is 4. The lowest BCUT2D eigenvalue weighted by Gasteiger charge is -2.14. The van der Waals surface area contributed by atoms with Gasteiger partial charge in [-0.05, 0) is 22.3 Å². The number of rotatable bonds is 4. The Morgan fingerprint density at radius 3 is 2.30 bits per heavy atom. The Bertz CT molecular complexity index is 996. The van der Waals surface area contributed by atoms with Gasteiger partial charge in [0.2, 0.25) is 0 Å². The van der Waals surface area contributed by atoms with Crippen molar-refractivity contribution in [3.05, 3.63) is 71.4 Å². The largest absolute Gasteiger partial charge is 0.477 e. The third-order valence-electron chi connectivity index (χ3n) is 4.62. The second-order valence-electron chi connectivity index (χ2n) is 6.32. The van der Waals surface area contributed by atoms with Gasteiger partial charge in [-0.1, -0.05) is 48.5 Å². The Kier molecular flexibility index (Phi) is 4.12. The number of carboxylic acids is 1. The van der Waals surface area contributed by atoms with Crippen molar-refractivity contribution in [3.63, 3.8) is 0 Å². The summed E-state index contributed by atoms with van der Waals surface area (Å²) in [6.07, 6.45) is 0.583. The van der Waals surface area contributed by atoms with Crippen molar-refractivity contribution in [3.8, 4) is 11.1 Å². The van der Waals surface area contributed by atoms with E-state index >= 15 is 0 Å². The summed E-state index contributed by atoms with van der Waals surface area (Å²) in [6, 6.07) is 16.1. The summed E-state index contributed by atoms with van der Waals surface area (Å²) in [6.45, 7) is 0.148. The van der Waals surface area contributed by atoms with E-state index in [2.05, 4.69) is 22.5 Å². The maximum absolute atomic E-state index is 12.2.